The molecule has 0 radical (unpaired) electrons. The topological polar surface area (TPSA) is 49.1 Å². The van der Waals surface area contributed by atoms with Crippen LogP contribution in [0, 0.1) is 0 Å². The monoisotopic (exact) mass is 216 g/mol. The number of anilines is 1. The third kappa shape index (κ3) is 2.76. The molecule has 1 N–H and O–H groups in total. The molecule has 1 rings (SSSR count). The molecule has 0 amide bonds. The van der Waals surface area contributed by atoms with E-state index in [0.29, 0.717) is 5.96 Å². The van der Waals surface area contributed by atoms with Gasteiger partial charge in [-0.1, -0.05) is 18.2 Å². The first-order valence-electron chi connectivity index (χ1n) is 4.96. The first-order valence-corrected chi connectivity index (χ1v) is 4.96. The van der Waals surface area contributed by atoms with E-state index in [4.69, 9.17) is 0 Å². The van der Waals surface area contributed by atoms with Crippen LogP contribution in [0.25, 0.3) is 0 Å². The van der Waals surface area contributed by atoms with Crippen molar-refractivity contribution in [3.63, 3.8) is 0 Å². The maximum Gasteiger partial charge on any atom is 0.221 e. The van der Waals surface area contributed by atoms with Gasteiger partial charge in [-0.2, -0.15) is 0 Å². The Morgan fingerprint density at radius 1 is 1.19 bits per heavy atom. The molecule has 0 saturated heterocycles. The van der Waals surface area contributed by atoms with E-state index >= 15 is 0 Å². The van der Waals surface area contributed by atoms with Crippen LogP contribution in [0.5, 0.6) is 0 Å². The van der Waals surface area contributed by atoms with E-state index in [2.05, 4.69) is 27.0 Å². The van der Waals surface area contributed by atoms with Crippen molar-refractivity contribution < 1.29 is 0 Å². The van der Waals surface area contributed by atoms with Gasteiger partial charge in [0.2, 0.25) is 5.96 Å². The standard InChI is InChI=1S/C12H16N4/c1-9(13-2)10-7-5-6-8-11(10)16-12(14-3)15-4/h5-8H,3H2,1-2,4H3,(H,15,16). The van der Waals surface area contributed by atoms with E-state index in [9.17, 15) is 0 Å². The molecule has 0 aliphatic heterocycles. The summed E-state index contributed by atoms with van der Waals surface area (Å²) in [6.07, 6.45) is 0. The third-order valence-electron chi connectivity index (χ3n) is 2.26. The van der Waals surface area contributed by atoms with Gasteiger partial charge in [0.05, 0.1) is 0 Å². The molecule has 0 fully saturated rings. The molecule has 0 aliphatic rings. The first-order chi connectivity index (χ1) is 7.72. The largest absolute Gasteiger partial charge is 0.324 e. The minimum absolute atomic E-state index is 0.497. The lowest BCUT2D eigenvalue weighted by molar-refractivity contribution is 1.37. The Bertz CT molecular complexity index is 432. The van der Waals surface area contributed by atoms with Crippen LogP contribution in [0.1, 0.15) is 12.5 Å². The minimum atomic E-state index is 0.497. The summed E-state index contributed by atoms with van der Waals surface area (Å²) in [4.78, 5) is 11.9. The summed E-state index contributed by atoms with van der Waals surface area (Å²) in [6, 6.07) is 7.88. The van der Waals surface area contributed by atoms with Gasteiger partial charge in [-0.05, 0) is 19.7 Å². The van der Waals surface area contributed by atoms with E-state index in [0.717, 1.165) is 17.0 Å². The fourth-order valence-electron chi connectivity index (χ4n) is 1.31. The summed E-state index contributed by atoms with van der Waals surface area (Å²) < 4.78 is 0. The highest BCUT2D eigenvalue weighted by molar-refractivity contribution is 6.07. The fourth-order valence-corrected chi connectivity index (χ4v) is 1.31. The quantitative estimate of drug-likeness (QED) is 0.598. The second-order valence-corrected chi connectivity index (χ2v) is 3.18. The molecule has 0 unspecified atom stereocenters. The second kappa shape index (κ2) is 5.80. The van der Waals surface area contributed by atoms with Gasteiger partial charge in [-0.15, -0.1) is 0 Å². The fraction of sp³-hybridized carbons (Fsp3) is 0.250. The van der Waals surface area contributed by atoms with Crippen molar-refractivity contribution in [3.05, 3.63) is 29.8 Å². The Morgan fingerprint density at radius 3 is 2.44 bits per heavy atom. The van der Waals surface area contributed by atoms with E-state index in [1.165, 1.54) is 0 Å². The number of guanidine groups is 1. The minimum Gasteiger partial charge on any atom is -0.324 e. The van der Waals surface area contributed by atoms with E-state index < -0.39 is 0 Å². The lowest BCUT2D eigenvalue weighted by Crippen LogP contribution is -2.11. The van der Waals surface area contributed by atoms with E-state index in [-0.39, 0.29) is 0 Å². The Morgan fingerprint density at radius 2 is 1.88 bits per heavy atom. The molecule has 0 atom stereocenters. The van der Waals surface area contributed by atoms with Crippen LogP contribution in [0.15, 0.2) is 39.2 Å². The van der Waals surface area contributed by atoms with Crippen molar-refractivity contribution in [2.24, 2.45) is 15.0 Å². The van der Waals surface area contributed by atoms with Crippen LogP contribution < -0.4 is 5.32 Å². The van der Waals surface area contributed by atoms with Gasteiger partial charge in [0.15, 0.2) is 0 Å². The average Bonchev–Trinajstić information content (AvgIpc) is 2.35. The van der Waals surface area contributed by atoms with Crippen LogP contribution in [-0.2, 0) is 0 Å². The molecule has 0 aromatic heterocycles. The number of hydrogen-bond acceptors (Lipinski definition) is 2. The number of nitrogens with one attached hydrogen (secondary N) is 1. The highest BCUT2D eigenvalue weighted by atomic mass is 15.1. The van der Waals surface area contributed by atoms with E-state index in [1.54, 1.807) is 14.1 Å². The van der Waals surface area contributed by atoms with Crippen molar-refractivity contribution in [2.75, 3.05) is 19.4 Å². The highest BCUT2D eigenvalue weighted by Gasteiger charge is 2.05. The Kier molecular flexibility index (Phi) is 4.39. The Hall–Kier alpha value is -1.97. The maximum absolute atomic E-state index is 4.17. The van der Waals surface area contributed by atoms with Gasteiger partial charge in [0.1, 0.15) is 0 Å². The summed E-state index contributed by atoms with van der Waals surface area (Å²) in [5.74, 6) is 0.497. The molecule has 84 valence electrons. The second-order valence-electron chi connectivity index (χ2n) is 3.18. The Labute approximate surface area is 95.9 Å². The molecular weight excluding hydrogens is 200 g/mol. The SMILES string of the molecule is C=NC(=NC)Nc1ccccc1C(C)=NC. The van der Waals surface area contributed by atoms with Crippen molar-refractivity contribution in [1.82, 2.24) is 0 Å². The summed E-state index contributed by atoms with van der Waals surface area (Å²) in [5.41, 5.74) is 2.93. The molecule has 1 aromatic carbocycles. The van der Waals surface area contributed by atoms with Gasteiger partial charge in [0.25, 0.3) is 0 Å². The predicted octanol–water partition coefficient (Wildman–Crippen LogP) is 2.22. The van der Waals surface area contributed by atoms with Crippen LogP contribution in [-0.4, -0.2) is 32.5 Å². The summed E-state index contributed by atoms with van der Waals surface area (Å²) in [6.45, 7) is 5.41. The van der Waals surface area contributed by atoms with Crippen molar-refractivity contribution in [2.45, 2.75) is 6.92 Å². The van der Waals surface area contributed by atoms with Crippen molar-refractivity contribution in [3.8, 4) is 0 Å². The lowest BCUT2D eigenvalue weighted by Gasteiger charge is -2.10. The molecular formula is C12H16N4. The lowest BCUT2D eigenvalue weighted by atomic mass is 10.1. The van der Waals surface area contributed by atoms with Gasteiger partial charge >= 0.3 is 0 Å². The average molecular weight is 216 g/mol. The molecule has 4 nitrogen and oxygen atoms in total. The molecule has 0 bridgehead atoms. The number of rotatable bonds is 2. The summed E-state index contributed by atoms with van der Waals surface area (Å²) in [7, 11) is 3.44. The molecule has 4 heteroatoms. The maximum atomic E-state index is 4.17. The van der Waals surface area contributed by atoms with Crippen LogP contribution in [0.3, 0.4) is 0 Å². The number of hydrogen-bond donors (Lipinski definition) is 1. The van der Waals surface area contributed by atoms with E-state index in [1.807, 2.05) is 31.2 Å². The van der Waals surface area contributed by atoms with Crippen molar-refractivity contribution >= 4 is 24.1 Å². The first kappa shape index (κ1) is 12.1. The molecule has 0 aliphatic carbocycles. The van der Waals surface area contributed by atoms with Crippen molar-refractivity contribution in [1.29, 1.82) is 0 Å². The Balaban J connectivity index is 3.09. The van der Waals surface area contributed by atoms with Crippen LogP contribution >= 0.6 is 0 Å². The zero-order valence-electron chi connectivity index (χ0n) is 9.86. The smallest absolute Gasteiger partial charge is 0.221 e. The van der Waals surface area contributed by atoms with Crippen LogP contribution in [0.2, 0.25) is 0 Å². The highest BCUT2D eigenvalue weighted by Crippen LogP contribution is 2.16. The number of para-hydroxylation sites is 1. The third-order valence-corrected chi connectivity index (χ3v) is 2.26. The number of aliphatic imine (C=N–C) groups is 3. The molecule has 0 spiro atoms. The van der Waals surface area contributed by atoms with Gasteiger partial charge < -0.3 is 5.32 Å². The predicted molar refractivity (Wildman–Crippen MR) is 71.1 cm³/mol. The molecule has 1 aromatic rings. The number of benzene rings is 1. The zero-order chi connectivity index (χ0) is 12.0. The van der Waals surface area contributed by atoms with Gasteiger partial charge in [-0.25, -0.2) is 4.99 Å². The summed E-state index contributed by atoms with van der Waals surface area (Å²) >= 11 is 0. The number of nitrogens with zero attached hydrogens (tertiary/aromatic N) is 3. The summed E-state index contributed by atoms with van der Waals surface area (Å²) in [5, 5.41) is 3.10. The molecule has 16 heavy (non-hydrogen) atoms. The zero-order valence-corrected chi connectivity index (χ0v) is 9.86. The van der Waals surface area contributed by atoms with Crippen LogP contribution in [0.4, 0.5) is 5.69 Å². The molecule has 0 saturated carbocycles. The normalized spacial score (nSPS) is 12.4. The van der Waals surface area contributed by atoms with Gasteiger partial charge in [0, 0.05) is 31.1 Å². The molecule has 0 heterocycles. The van der Waals surface area contributed by atoms with Gasteiger partial charge in [-0.3, -0.25) is 9.98 Å².